The van der Waals surface area contributed by atoms with E-state index in [1.807, 2.05) is 0 Å². The molecule has 1 aliphatic rings. The van der Waals surface area contributed by atoms with Crippen LogP contribution in [0.15, 0.2) is 16.5 Å². The second kappa shape index (κ2) is 6.10. The normalized spacial score (nSPS) is 32.7. The minimum atomic E-state index is 0.250. The molecule has 0 spiro atoms. The summed E-state index contributed by atoms with van der Waals surface area (Å²) in [7, 11) is 0. The van der Waals surface area contributed by atoms with Crippen molar-refractivity contribution in [1.82, 2.24) is 5.32 Å². The Morgan fingerprint density at radius 2 is 1.89 bits per heavy atom. The van der Waals surface area contributed by atoms with Crippen LogP contribution in [0.2, 0.25) is 0 Å². The van der Waals surface area contributed by atoms with Gasteiger partial charge in [0.25, 0.3) is 0 Å². The monoisotopic (exact) mass is 265 g/mol. The van der Waals surface area contributed by atoms with E-state index in [0.717, 1.165) is 24.5 Å². The lowest BCUT2D eigenvalue weighted by Crippen LogP contribution is -2.34. The van der Waals surface area contributed by atoms with Crippen LogP contribution in [0, 0.1) is 11.8 Å². The molecule has 3 nitrogen and oxygen atoms in total. The molecule has 5 unspecified atom stereocenters. The van der Waals surface area contributed by atoms with Crippen molar-refractivity contribution >= 4 is 0 Å². The van der Waals surface area contributed by atoms with Gasteiger partial charge in [-0.15, -0.1) is 0 Å². The Balaban J connectivity index is 2.24. The predicted molar refractivity (Wildman–Crippen MR) is 77.2 cm³/mol. The highest BCUT2D eigenvalue weighted by molar-refractivity contribution is 5.13. The van der Waals surface area contributed by atoms with Crippen LogP contribution in [-0.4, -0.2) is 18.8 Å². The molecular weight excluding hydrogens is 238 g/mol. The fourth-order valence-corrected chi connectivity index (χ4v) is 3.27. The molecule has 3 heteroatoms. The van der Waals surface area contributed by atoms with Crippen LogP contribution in [0.4, 0.5) is 0 Å². The van der Waals surface area contributed by atoms with Crippen LogP contribution in [0.25, 0.3) is 0 Å². The van der Waals surface area contributed by atoms with Crippen molar-refractivity contribution in [1.29, 1.82) is 0 Å². The molecule has 1 N–H and O–H groups in total. The van der Waals surface area contributed by atoms with Crippen molar-refractivity contribution in [2.45, 2.75) is 59.3 Å². The van der Waals surface area contributed by atoms with Crippen molar-refractivity contribution in [2.75, 3.05) is 6.54 Å². The van der Waals surface area contributed by atoms with E-state index < -0.39 is 0 Å². The quantitative estimate of drug-likeness (QED) is 0.884. The average molecular weight is 265 g/mol. The minimum Gasteiger partial charge on any atom is -0.464 e. The molecule has 19 heavy (non-hydrogen) atoms. The Morgan fingerprint density at radius 3 is 2.37 bits per heavy atom. The molecule has 108 valence electrons. The van der Waals surface area contributed by atoms with E-state index in [1.165, 1.54) is 0 Å². The zero-order chi connectivity index (χ0) is 14.0. The zero-order valence-corrected chi connectivity index (χ0v) is 12.8. The Labute approximate surface area is 116 Å². The summed E-state index contributed by atoms with van der Waals surface area (Å²) >= 11 is 0. The van der Waals surface area contributed by atoms with Gasteiger partial charge in [0.05, 0.1) is 18.2 Å². The van der Waals surface area contributed by atoms with E-state index in [0.29, 0.717) is 17.9 Å². The first-order chi connectivity index (χ1) is 9.08. The Kier molecular flexibility index (Phi) is 4.69. The maximum absolute atomic E-state index is 5.99. The van der Waals surface area contributed by atoms with Crippen LogP contribution in [0.3, 0.4) is 0 Å². The van der Waals surface area contributed by atoms with Gasteiger partial charge in [-0.25, -0.2) is 0 Å². The Hall–Kier alpha value is -0.800. The van der Waals surface area contributed by atoms with E-state index in [-0.39, 0.29) is 12.1 Å². The van der Waals surface area contributed by atoms with Gasteiger partial charge in [0.2, 0.25) is 0 Å². The maximum atomic E-state index is 5.99. The first kappa shape index (κ1) is 14.6. The molecule has 1 aromatic rings. The molecule has 0 bridgehead atoms. The van der Waals surface area contributed by atoms with Gasteiger partial charge in [-0.1, -0.05) is 20.8 Å². The minimum absolute atomic E-state index is 0.250. The highest BCUT2D eigenvalue weighted by atomic mass is 16.5. The number of hydrogen-bond acceptors (Lipinski definition) is 3. The summed E-state index contributed by atoms with van der Waals surface area (Å²) in [5.41, 5.74) is 0. The highest BCUT2D eigenvalue weighted by Gasteiger charge is 2.42. The van der Waals surface area contributed by atoms with E-state index >= 15 is 0 Å². The summed E-state index contributed by atoms with van der Waals surface area (Å²) in [4.78, 5) is 0. The largest absolute Gasteiger partial charge is 0.464 e. The summed E-state index contributed by atoms with van der Waals surface area (Å²) in [6, 6.07) is 4.46. The van der Waals surface area contributed by atoms with Gasteiger partial charge in [0.15, 0.2) is 0 Å². The SMILES string of the molecule is CCNC(c1ccc(CC)o1)C1C(C)OC(C)C1C. The van der Waals surface area contributed by atoms with Crippen molar-refractivity contribution < 1.29 is 9.15 Å². The Bertz CT molecular complexity index is 401. The number of furan rings is 1. The summed E-state index contributed by atoms with van der Waals surface area (Å²) in [5.74, 6) is 3.12. The van der Waals surface area contributed by atoms with E-state index in [1.54, 1.807) is 0 Å². The molecule has 5 atom stereocenters. The summed E-state index contributed by atoms with van der Waals surface area (Å²) in [6.07, 6.45) is 1.53. The number of nitrogens with one attached hydrogen (secondary N) is 1. The lowest BCUT2D eigenvalue weighted by Gasteiger charge is -2.28. The molecule has 1 aromatic heterocycles. The van der Waals surface area contributed by atoms with Crippen LogP contribution < -0.4 is 5.32 Å². The molecule has 0 saturated carbocycles. The third kappa shape index (κ3) is 2.87. The average Bonchev–Trinajstić information content (AvgIpc) is 2.94. The van der Waals surface area contributed by atoms with Gasteiger partial charge in [-0.2, -0.15) is 0 Å². The lowest BCUT2D eigenvalue weighted by atomic mass is 9.82. The van der Waals surface area contributed by atoms with Crippen LogP contribution in [-0.2, 0) is 11.2 Å². The molecular formula is C16H27NO2. The second-order valence-corrected chi connectivity index (χ2v) is 5.68. The number of aryl methyl sites for hydroxylation is 1. The Morgan fingerprint density at radius 1 is 1.16 bits per heavy atom. The summed E-state index contributed by atoms with van der Waals surface area (Å²) in [6.45, 7) is 11.8. The van der Waals surface area contributed by atoms with E-state index in [2.05, 4.69) is 52.1 Å². The second-order valence-electron chi connectivity index (χ2n) is 5.68. The van der Waals surface area contributed by atoms with Crippen molar-refractivity contribution in [3.05, 3.63) is 23.7 Å². The third-order valence-electron chi connectivity index (χ3n) is 4.47. The van der Waals surface area contributed by atoms with Crippen LogP contribution in [0.5, 0.6) is 0 Å². The fraction of sp³-hybridized carbons (Fsp3) is 0.750. The molecule has 2 rings (SSSR count). The standard InChI is InChI=1S/C16H27NO2/c1-6-13-8-9-14(19-13)16(17-7-2)15-10(3)11(4)18-12(15)5/h8-12,15-17H,6-7H2,1-5H3. The molecule has 1 fully saturated rings. The number of hydrogen-bond donors (Lipinski definition) is 1. The molecule has 1 aliphatic heterocycles. The van der Waals surface area contributed by atoms with Crippen LogP contribution >= 0.6 is 0 Å². The smallest absolute Gasteiger partial charge is 0.121 e. The van der Waals surface area contributed by atoms with E-state index in [4.69, 9.17) is 9.15 Å². The topological polar surface area (TPSA) is 34.4 Å². The van der Waals surface area contributed by atoms with Gasteiger partial charge < -0.3 is 14.5 Å². The predicted octanol–water partition coefficient (Wildman–Crippen LogP) is 3.55. The lowest BCUT2D eigenvalue weighted by molar-refractivity contribution is 0.0465. The summed E-state index contributed by atoms with van der Waals surface area (Å²) < 4.78 is 12.0. The number of rotatable bonds is 5. The van der Waals surface area contributed by atoms with Gasteiger partial charge >= 0.3 is 0 Å². The van der Waals surface area contributed by atoms with Crippen molar-refractivity contribution in [3.8, 4) is 0 Å². The van der Waals surface area contributed by atoms with Gasteiger partial charge in [-0.05, 0) is 38.4 Å². The zero-order valence-electron chi connectivity index (χ0n) is 12.8. The molecule has 0 aliphatic carbocycles. The molecule has 0 radical (unpaired) electrons. The molecule has 2 heterocycles. The molecule has 0 amide bonds. The third-order valence-corrected chi connectivity index (χ3v) is 4.47. The van der Waals surface area contributed by atoms with E-state index in [9.17, 15) is 0 Å². The van der Waals surface area contributed by atoms with Crippen molar-refractivity contribution in [2.24, 2.45) is 11.8 Å². The van der Waals surface area contributed by atoms with Gasteiger partial charge in [-0.3, -0.25) is 0 Å². The molecule has 0 aromatic carbocycles. The first-order valence-electron chi connectivity index (χ1n) is 7.55. The maximum Gasteiger partial charge on any atom is 0.121 e. The summed E-state index contributed by atoms with van der Waals surface area (Å²) in [5, 5.41) is 3.59. The van der Waals surface area contributed by atoms with Crippen molar-refractivity contribution in [3.63, 3.8) is 0 Å². The van der Waals surface area contributed by atoms with Gasteiger partial charge in [0, 0.05) is 12.3 Å². The first-order valence-corrected chi connectivity index (χ1v) is 7.55. The highest BCUT2D eigenvalue weighted by Crippen LogP contribution is 2.40. The van der Waals surface area contributed by atoms with Crippen LogP contribution in [0.1, 0.15) is 52.2 Å². The fourth-order valence-electron chi connectivity index (χ4n) is 3.27. The van der Waals surface area contributed by atoms with Gasteiger partial charge in [0.1, 0.15) is 11.5 Å². The number of ether oxygens (including phenoxy) is 1. The molecule has 1 saturated heterocycles.